The fourth-order valence-corrected chi connectivity index (χ4v) is 1.98. The number of aromatic nitrogens is 2. The Morgan fingerprint density at radius 1 is 1.16 bits per heavy atom. The quantitative estimate of drug-likeness (QED) is 0.856. The van der Waals surface area contributed by atoms with Gasteiger partial charge >= 0.3 is 0 Å². The summed E-state index contributed by atoms with van der Waals surface area (Å²) in [5.41, 5.74) is 7.03. The van der Waals surface area contributed by atoms with Gasteiger partial charge in [-0.15, -0.1) is 0 Å². The third-order valence-corrected chi connectivity index (χ3v) is 3.60. The zero-order chi connectivity index (χ0) is 14.6. The number of hydrogen-bond donors (Lipinski definition) is 1. The monoisotopic (exact) mass is 264 g/mol. The Morgan fingerprint density at radius 2 is 1.79 bits per heavy atom. The average molecular weight is 264 g/mol. The summed E-state index contributed by atoms with van der Waals surface area (Å²) in [6.45, 7) is 14.8. The fourth-order valence-electron chi connectivity index (χ4n) is 1.98. The van der Waals surface area contributed by atoms with E-state index in [0.29, 0.717) is 17.7 Å². The second-order valence-corrected chi connectivity index (χ2v) is 5.62. The Kier molecular flexibility index (Phi) is 5.58. The van der Waals surface area contributed by atoms with Crippen molar-refractivity contribution in [3.63, 3.8) is 0 Å². The second-order valence-electron chi connectivity index (χ2n) is 5.62. The van der Waals surface area contributed by atoms with E-state index in [1.165, 1.54) is 6.42 Å². The maximum atomic E-state index is 6.04. The molecule has 1 heterocycles. The number of nitrogen functional groups attached to an aromatic ring is 1. The smallest absolute Gasteiger partial charge is 0.137 e. The zero-order valence-corrected chi connectivity index (χ0v) is 13.2. The summed E-state index contributed by atoms with van der Waals surface area (Å²) in [6.07, 6.45) is 1.17. The van der Waals surface area contributed by atoms with Crippen molar-refractivity contribution in [2.24, 2.45) is 5.92 Å². The van der Waals surface area contributed by atoms with Crippen LogP contribution >= 0.6 is 0 Å². The molecule has 0 saturated carbocycles. The van der Waals surface area contributed by atoms with Crippen molar-refractivity contribution in [2.45, 2.75) is 53.9 Å². The number of anilines is 2. The molecule has 0 radical (unpaired) electrons. The molecular formula is C15H28N4. The number of hydrogen-bond acceptors (Lipinski definition) is 4. The summed E-state index contributed by atoms with van der Waals surface area (Å²) >= 11 is 0. The Hall–Kier alpha value is -1.32. The van der Waals surface area contributed by atoms with E-state index in [0.717, 1.165) is 30.3 Å². The van der Waals surface area contributed by atoms with Crippen molar-refractivity contribution in [1.29, 1.82) is 0 Å². The Bertz CT molecular complexity index is 415. The van der Waals surface area contributed by atoms with Crippen molar-refractivity contribution in [2.75, 3.05) is 23.7 Å². The molecular weight excluding hydrogens is 236 g/mol. The highest BCUT2D eigenvalue weighted by atomic mass is 15.2. The Labute approximate surface area is 117 Å². The lowest BCUT2D eigenvalue weighted by Crippen LogP contribution is -2.30. The molecule has 19 heavy (non-hydrogen) atoms. The van der Waals surface area contributed by atoms with Gasteiger partial charge in [0, 0.05) is 24.6 Å². The first-order valence-electron chi connectivity index (χ1n) is 7.29. The van der Waals surface area contributed by atoms with Crippen LogP contribution in [0.15, 0.2) is 0 Å². The molecule has 0 fully saturated rings. The Morgan fingerprint density at radius 3 is 2.26 bits per heavy atom. The molecule has 0 aliphatic carbocycles. The average Bonchev–Trinajstić information content (AvgIpc) is 2.38. The maximum Gasteiger partial charge on any atom is 0.137 e. The Balaban J connectivity index is 3.14. The highest BCUT2D eigenvalue weighted by Crippen LogP contribution is 2.25. The highest BCUT2D eigenvalue weighted by Gasteiger charge is 2.17. The minimum absolute atomic E-state index is 0.295. The minimum Gasteiger partial charge on any atom is -0.383 e. The summed E-state index contributed by atoms with van der Waals surface area (Å²) in [7, 11) is 0. The molecule has 0 bridgehead atoms. The first-order chi connectivity index (χ1) is 8.90. The number of nitrogens with zero attached hydrogens (tertiary/aromatic N) is 3. The fraction of sp³-hybridized carbons (Fsp3) is 0.733. The molecule has 0 aromatic carbocycles. The van der Waals surface area contributed by atoms with Crippen LogP contribution in [0.3, 0.4) is 0 Å². The number of rotatable bonds is 6. The highest BCUT2D eigenvalue weighted by molar-refractivity contribution is 5.56. The van der Waals surface area contributed by atoms with Gasteiger partial charge in [-0.05, 0) is 19.8 Å². The molecule has 0 amide bonds. The summed E-state index contributed by atoms with van der Waals surface area (Å²) in [4.78, 5) is 11.4. The van der Waals surface area contributed by atoms with E-state index in [-0.39, 0.29) is 0 Å². The van der Waals surface area contributed by atoms with Crippen LogP contribution in [0.5, 0.6) is 0 Å². The molecule has 1 aromatic rings. The van der Waals surface area contributed by atoms with E-state index in [2.05, 4.69) is 44.5 Å². The van der Waals surface area contributed by atoms with Gasteiger partial charge in [0.15, 0.2) is 0 Å². The van der Waals surface area contributed by atoms with Gasteiger partial charge in [0.05, 0.1) is 0 Å². The molecule has 0 spiro atoms. The maximum absolute atomic E-state index is 6.04. The third-order valence-electron chi connectivity index (χ3n) is 3.60. The normalized spacial score (nSPS) is 12.8. The SMILES string of the molecule is CCC(C)CN(CC)c1nc(C(C)C)nc(N)c1C. The largest absolute Gasteiger partial charge is 0.383 e. The zero-order valence-electron chi connectivity index (χ0n) is 13.2. The lowest BCUT2D eigenvalue weighted by atomic mass is 10.1. The molecule has 1 rings (SSSR count). The first kappa shape index (κ1) is 15.7. The van der Waals surface area contributed by atoms with Crippen LogP contribution in [0.1, 0.15) is 58.3 Å². The van der Waals surface area contributed by atoms with E-state index < -0.39 is 0 Å². The molecule has 1 atom stereocenters. The first-order valence-corrected chi connectivity index (χ1v) is 7.29. The van der Waals surface area contributed by atoms with Crippen LogP contribution < -0.4 is 10.6 Å². The van der Waals surface area contributed by atoms with E-state index in [4.69, 9.17) is 10.7 Å². The van der Waals surface area contributed by atoms with Crippen LogP contribution in [0, 0.1) is 12.8 Å². The van der Waals surface area contributed by atoms with Crippen molar-refractivity contribution >= 4 is 11.6 Å². The molecule has 0 aliphatic rings. The van der Waals surface area contributed by atoms with Crippen LogP contribution in [0.2, 0.25) is 0 Å². The van der Waals surface area contributed by atoms with E-state index in [9.17, 15) is 0 Å². The van der Waals surface area contributed by atoms with Crippen LogP contribution in [0.4, 0.5) is 11.6 Å². The second kappa shape index (κ2) is 6.73. The van der Waals surface area contributed by atoms with Gasteiger partial charge < -0.3 is 10.6 Å². The van der Waals surface area contributed by atoms with E-state index >= 15 is 0 Å². The third kappa shape index (κ3) is 3.82. The molecule has 1 unspecified atom stereocenters. The van der Waals surface area contributed by atoms with E-state index in [1.807, 2.05) is 6.92 Å². The molecule has 108 valence electrons. The predicted molar refractivity (Wildman–Crippen MR) is 82.6 cm³/mol. The van der Waals surface area contributed by atoms with Crippen molar-refractivity contribution < 1.29 is 0 Å². The lowest BCUT2D eigenvalue weighted by molar-refractivity contribution is 0.544. The molecule has 0 aliphatic heterocycles. The molecule has 4 heteroatoms. The lowest BCUT2D eigenvalue weighted by Gasteiger charge is -2.27. The minimum atomic E-state index is 0.295. The molecule has 0 saturated heterocycles. The van der Waals surface area contributed by atoms with Gasteiger partial charge in [-0.25, -0.2) is 9.97 Å². The van der Waals surface area contributed by atoms with Gasteiger partial charge in [-0.1, -0.05) is 34.1 Å². The van der Waals surface area contributed by atoms with Gasteiger partial charge in [-0.3, -0.25) is 0 Å². The van der Waals surface area contributed by atoms with Crippen LogP contribution in [-0.2, 0) is 0 Å². The van der Waals surface area contributed by atoms with Crippen molar-refractivity contribution in [1.82, 2.24) is 9.97 Å². The van der Waals surface area contributed by atoms with Gasteiger partial charge in [0.25, 0.3) is 0 Å². The van der Waals surface area contributed by atoms with Crippen LogP contribution in [0.25, 0.3) is 0 Å². The summed E-state index contributed by atoms with van der Waals surface area (Å²) < 4.78 is 0. The molecule has 4 nitrogen and oxygen atoms in total. The van der Waals surface area contributed by atoms with Crippen LogP contribution in [-0.4, -0.2) is 23.1 Å². The summed E-state index contributed by atoms with van der Waals surface area (Å²) in [5.74, 6) is 3.39. The molecule has 2 N–H and O–H groups in total. The summed E-state index contributed by atoms with van der Waals surface area (Å²) in [5, 5.41) is 0. The standard InChI is InChI=1S/C15H28N4/c1-7-11(5)9-19(8-2)15-12(6)13(16)17-14(18-15)10(3)4/h10-11H,7-9H2,1-6H3,(H2,16,17,18). The summed E-state index contributed by atoms with van der Waals surface area (Å²) in [6, 6.07) is 0. The topological polar surface area (TPSA) is 55.0 Å². The van der Waals surface area contributed by atoms with Gasteiger partial charge in [-0.2, -0.15) is 0 Å². The van der Waals surface area contributed by atoms with E-state index in [1.54, 1.807) is 0 Å². The molecule has 1 aromatic heterocycles. The number of nitrogens with two attached hydrogens (primary N) is 1. The van der Waals surface area contributed by atoms with Crippen molar-refractivity contribution in [3.8, 4) is 0 Å². The van der Waals surface area contributed by atoms with Gasteiger partial charge in [0.2, 0.25) is 0 Å². The van der Waals surface area contributed by atoms with Gasteiger partial charge in [0.1, 0.15) is 17.5 Å². The predicted octanol–water partition coefficient (Wildman–Crippen LogP) is 3.36. The van der Waals surface area contributed by atoms with Crippen molar-refractivity contribution in [3.05, 3.63) is 11.4 Å².